The summed E-state index contributed by atoms with van der Waals surface area (Å²) in [5, 5.41) is 8.86. The molecule has 0 saturated carbocycles. The van der Waals surface area contributed by atoms with Crippen molar-refractivity contribution >= 4 is 21.9 Å². The smallest absolute Gasteiger partial charge is 0.309 e. The molecule has 0 atom stereocenters. The number of likely N-dealkylation sites (tertiary alicyclic amines) is 1. The van der Waals surface area contributed by atoms with Crippen LogP contribution in [0.3, 0.4) is 0 Å². The Bertz CT molecular complexity index is 486. The summed E-state index contributed by atoms with van der Waals surface area (Å²) in [7, 11) is 3.23. The monoisotopic (exact) mass is 329 g/mol. The van der Waals surface area contributed by atoms with E-state index in [4.69, 9.17) is 14.6 Å². The van der Waals surface area contributed by atoms with Crippen LogP contribution in [0.2, 0.25) is 0 Å². The summed E-state index contributed by atoms with van der Waals surface area (Å²) in [4.78, 5) is 12.8. The van der Waals surface area contributed by atoms with Crippen LogP contribution in [-0.2, 0) is 11.3 Å². The number of halogens is 1. The molecule has 5 nitrogen and oxygen atoms in total. The van der Waals surface area contributed by atoms with Gasteiger partial charge in [0.15, 0.2) is 0 Å². The lowest BCUT2D eigenvalue weighted by Crippen LogP contribution is -2.49. The number of methoxy groups -OCH3 is 2. The molecule has 1 N–H and O–H groups in total. The maximum absolute atomic E-state index is 10.8. The minimum absolute atomic E-state index is 0.247. The van der Waals surface area contributed by atoms with E-state index in [2.05, 4.69) is 20.8 Å². The lowest BCUT2D eigenvalue weighted by Gasteiger charge is -2.36. The average molecular weight is 330 g/mol. The summed E-state index contributed by atoms with van der Waals surface area (Å²) >= 11 is 3.41. The van der Waals surface area contributed by atoms with E-state index in [0.717, 1.165) is 21.5 Å². The fraction of sp³-hybridized carbons (Fsp3) is 0.462. The minimum Gasteiger partial charge on any atom is -0.496 e. The number of ether oxygens (including phenoxy) is 2. The molecular formula is C13H16BrNO4. The van der Waals surface area contributed by atoms with Crippen molar-refractivity contribution in [3.8, 4) is 11.5 Å². The Kier molecular flexibility index (Phi) is 4.31. The molecule has 1 aromatic rings. The summed E-state index contributed by atoms with van der Waals surface area (Å²) in [6.07, 6.45) is 0. The van der Waals surface area contributed by atoms with E-state index in [0.29, 0.717) is 19.6 Å². The molecule has 0 aliphatic carbocycles. The summed E-state index contributed by atoms with van der Waals surface area (Å²) in [5.74, 6) is 0.539. The molecule has 104 valence electrons. The number of rotatable bonds is 5. The molecular weight excluding hydrogens is 314 g/mol. The summed E-state index contributed by atoms with van der Waals surface area (Å²) in [6, 6.07) is 3.78. The van der Waals surface area contributed by atoms with E-state index in [1.54, 1.807) is 14.2 Å². The zero-order valence-electron chi connectivity index (χ0n) is 10.9. The maximum Gasteiger partial charge on any atom is 0.309 e. The number of benzene rings is 1. The number of carbonyl (C=O) groups is 1. The van der Waals surface area contributed by atoms with Crippen LogP contribution in [0.4, 0.5) is 0 Å². The molecule has 0 radical (unpaired) electrons. The summed E-state index contributed by atoms with van der Waals surface area (Å²) in [5.41, 5.74) is 0.992. The van der Waals surface area contributed by atoms with Gasteiger partial charge in [0.2, 0.25) is 0 Å². The molecule has 0 aromatic heterocycles. The highest BCUT2D eigenvalue weighted by molar-refractivity contribution is 9.10. The molecule has 1 aromatic carbocycles. The number of nitrogens with zero attached hydrogens (tertiary/aromatic N) is 1. The average Bonchev–Trinajstić information content (AvgIpc) is 2.33. The van der Waals surface area contributed by atoms with E-state index >= 15 is 0 Å². The molecule has 1 fully saturated rings. The van der Waals surface area contributed by atoms with Crippen molar-refractivity contribution < 1.29 is 19.4 Å². The third kappa shape index (κ3) is 3.01. The first-order chi connectivity index (χ1) is 9.05. The summed E-state index contributed by atoms with van der Waals surface area (Å²) < 4.78 is 11.4. The predicted molar refractivity (Wildman–Crippen MR) is 73.6 cm³/mol. The third-order valence-corrected chi connectivity index (χ3v) is 3.87. The van der Waals surface area contributed by atoms with Crippen molar-refractivity contribution in [3.05, 3.63) is 22.2 Å². The first kappa shape index (κ1) is 14.1. The Morgan fingerprint density at radius 3 is 2.53 bits per heavy atom. The quantitative estimate of drug-likeness (QED) is 0.895. The van der Waals surface area contributed by atoms with Crippen LogP contribution in [0, 0.1) is 5.92 Å². The Morgan fingerprint density at radius 1 is 1.37 bits per heavy atom. The topological polar surface area (TPSA) is 59.0 Å². The normalized spacial score (nSPS) is 15.9. The van der Waals surface area contributed by atoms with Crippen molar-refractivity contribution in [2.24, 2.45) is 5.92 Å². The SMILES string of the molecule is COc1cc(CN2CC(C(=O)O)C2)c(OC)cc1Br. The van der Waals surface area contributed by atoms with Gasteiger partial charge in [-0.15, -0.1) is 0 Å². The fourth-order valence-electron chi connectivity index (χ4n) is 2.14. The van der Waals surface area contributed by atoms with Crippen LogP contribution in [0.1, 0.15) is 5.56 Å². The summed E-state index contributed by atoms with van der Waals surface area (Å²) in [6.45, 7) is 1.82. The van der Waals surface area contributed by atoms with E-state index < -0.39 is 5.97 Å². The molecule has 6 heteroatoms. The number of hydrogen-bond donors (Lipinski definition) is 1. The zero-order valence-corrected chi connectivity index (χ0v) is 12.4. The van der Waals surface area contributed by atoms with Gasteiger partial charge in [-0.3, -0.25) is 9.69 Å². The van der Waals surface area contributed by atoms with Gasteiger partial charge in [0.25, 0.3) is 0 Å². The Balaban J connectivity index is 2.09. The van der Waals surface area contributed by atoms with E-state index in [-0.39, 0.29) is 5.92 Å². The van der Waals surface area contributed by atoms with Crippen molar-refractivity contribution in [2.75, 3.05) is 27.3 Å². The van der Waals surface area contributed by atoms with E-state index in [9.17, 15) is 4.79 Å². The molecule has 1 saturated heterocycles. The minimum atomic E-state index is -0.725. The lowest BCUT2D eigenvalue weighted by molar-refractivity contribution is -0.147. The maximum atomic E-state index is 10.8. The largest absolute Gasteiger partial charge is 0.496 e. The van der Waals surface area contributed by atoms with Crippen molar-refractivity contribution in [2.45, 2.75) is 6.54 Å². The highest BCUT2D eigenvalue weighted by atomic mass is 79.9. The molecule has 1 aliphatic rings. The predicted octanol–water partition coefficient (Wildman–Crippen LogP) is 1.98. The van der Waals surface area contributed by atoms with Gasteiger partial charge in [-0.05, 0) is 28.1 Å². The number of carboxylic acid groups (broad SMARTS) is 1. The van der Waals surface area contributed by atoms with Crippen LogP contribution in [-0.4, -0.2) is 43.3 Å². The van der Waals surface area contributed by atoms with Crippen LogP contribution in [0.25, 0.3) is 0 Å². The Morgan fingerprint density at radius 2 is 2.00 bits per heavy atom. The molecule has 19 heavy (non-hydrogen) atoms. The highest BCUT2D eigenvalue weighted by Gasteiger charge is 2.32. The van der Waals surface area contributed by atoms with E-state index in [1.807, 2.05) is 12.1 Å². The van der Waals surface area contributed by atoms with Gasteiger partial charge < -0.3 is 14.6 Å². The molecule has 2 rings (SSSR count). The zero-order chi connectivity index (χ0) is 14.0. The first-order valence-electron chi connectivity index (χ1n) is 5.90. The molecule has 1 heterocycles. The molecule has 0 unspecified atom stereocenters. The lowest BCUT2D eigenvalue weighted by atomic mass is 9.99. The van der Waals surface area contributed by atoms with Gasteiger partial charge in [-0.1, -0.05) is 0 Å². The van der Waals surface area contributed by atoms with Gasteiger partial charge >= 0.3 is 5.97 Å². The van der Waals surface area contributed by atoms with Crippen LogP contribution < -0.4 is 9.47 Å². The standard InChI is InChI=1S/C13H16BrNO4/c1-18-11-4-10(14)12(19-2)3-8(11)5-15-6-9(7-15)13(16)17/h3-4,9H,5-7H2,1-2H3,(H,16,17). The Hall–Kier alpha value is -1.27. The van der Waals surface area contributed by atoms with Crippen molar-refractivity contribution in [1.82, 2.24) is 4.90 Å². The second-order valence-corrected chi connectivity index (χ2v) is 5.38. The van der Waals surface area contributed by atoms with Crippen LogP contribution >= 0.6 is 15.9 Å². The fourth-order valence-corrected chi connectivity index (χ4v) is 2.63. The van der Waals surface area contributed by atoms with Crippen LogP contribution in [0.15, 0.2) is 16.6 Å². The van der Waals surface area contributed by atoms with Crippen molar-refractivity contribution in [3.63, 3.8) is 0 Å². The number of aliphatic carboxylic acids is 1. The molecule has 0 amide bonds. The second kappa shape index (κ2) is 5.79. The van der Waals surface area contributed by atoms with Crippen LogP contribution in [0.5, 0.6) is 11.5 Å². The van der Waals surface area contributed by atoms with E-state index in [1.165, 1.54) is 0 Å². The molecule has 0 spiro atoms. The van der Waals surface area contributed by atoms with Gasteiger partial charge in [-0.2, -0.15) is 0 Å². The Labute approximate surface area is 120 Å². The van der Waals surface area contributed by atoms with Gasteiger partial charge in [-0.25, -0.2) is 0 Å². The molecule has 1 aliphatic heterocycles. The number of carboxylic acids is 1. The van der Waals surface area contributed by atoms with Crippen molar-refractivity contribution in [1.29, 1.82) is 0 Å². The number of hydrogen-bond acceptors (Lipinski definition) is 4. The third-order valence-electron chi connectivity index (χ3n) is 3.26. The molecule has 0 bridgehead atoms. The van der Waals surface area contributed by atoms with Gasteiger partial charge in [0, 0.05) is 25.2 Å². The highest BCUT2D eigenvalue weighted by Crippen LogP contribution is 2.34. The van der Waals surface area contributed by atoms with Gasteiger partial charge in [0.05, 0.1) is 24.6 Å². The second-order valence-electron chi connectivity index (χ2n) is 4.53. The first-order valence-corrected chi connectivity index (χ1v) is 6.70. The van der Waals surface area contributed by atoms with Gasteiger partial charge in [0.1, 0.15) is 11.5 Å².